The van der Waals surface area contributed by atoms with Crippen LogP contribution < -0.4 is 4.74 Å². The van der Waals surface area contributed by atoms with Gasteiger partial charge >= 0.3 is 8.60 Å². The molecule has 23 heavy (non-hydrogen) atoms. The van der Waals surface area contributed by atoms with Gasteiger partial charge in [0, 0.05) is 5.56 Å². The number of ether oxygens (including phenoxy) is 1. The van der Waals surface area contributed by atoms with Gasteiger partial charge in [0.25, 0.3) is 0 Å². The van der Waals surface area contributed by atoms with E-state index in [4.69, 9.17) is 14.5 Å². The van der Waals surface area contributed by atoms with Crippen molar-refractivity contribution in [2.24, 2.45) is 0 Å². The summed E-state index contributed by atoms with van der Waals surface area (Å²) in [7, 11) is -2.60. The third-order valence-electron chi connectivity index (χ3n) is 3.92. The summed E-state index contributed by atoms with van der Waals surface area (Å²) in [6, 6.07) is 12.8. The second kappa shape index (κ2) is 7.39. The molecule has 6 heteroatoms. The predicted molar refractivity (Wildman–Crippen MR) is 87.0 cm³/mol. The normalized spacial score (nSPS) is 15.3. The summed E-state index contributed by atoms with van der Waals surface area (Å²) in [5, 5.41) is 9.64. The zero-order valence-electron chi connectivity index (χ0n) is 12.6. The van der Waals surface area contributed by atoms with Crippen LogP contribution in [-0.2, 0) is 17.4 Å². The Morgan fingerprint density at radius 2 is 1.52 bits per heavy atom. The summed E-state index contributed by atoms with van der Waals surface area (Å²) in [5.74, 6) is 1.44. The Labute approximate surface area is 136 Å². The number of rotatable bonds is 5. The van der Waals surface area contributed by atoms with Crippen molar-refractivity contribution in [3.63, 3.8) is 0 Å². The summed E-state index contributed by atoms with van der Waals surface area (Å²) in [4.78, 5) is 17.5. The van der Waals surface area contributed by atoms with Crippen LogP contribution in [0.3, 0.4) is 0 Å². The minimum absolute atomic E-state index is 0.429. The third kappa shape index (κ3) is 4.28. The summed E-state index contributed by atoms with van der Waals surface area (Å²) < 4.78 is 10.4. The number of benzene rings is 2. The van der Waals surface area contributed by atoms with Gasteiger partial charge < -0.3 is 19.6 Å². The van der Waals surface area contributed by atoms with Crippen molar-refractivity contribution in [2.45, 2.75) is 32.0 Å². The van der Waals surface area contributed by atoms with Crippen molar-refractivity contribution in [3.05, 3.63) is 59.2 Å². The molecule has 3 rings (SSSR count). The molecule has 0 spiro atoms. The molecular formula is C17H19O5P. The summed E-state index contributed by atoms with van der Waals surface area (Å²) in [6.45, 7) is 0. The molecule has 5 nitrogen and oxygen atoms in total. The zero-order valence-corrected chi connectivity index (χ0v) is 13.4. The molecule has 2 aromatic carbocycles. The van der Waals surface area contributed by atoms with Gasteiger partial charge in [-0.15, -0.1) is 0 Å². The van der Waals surface area contributed by atoms with Gasteiger partial charge in [0.05, 0.1) is 0 Å². The number of aryl methyl sites for hydroxylation is 2. The molecular weight excluding hydrogens is 315 g/mol. The number of aliphatic hydroxyl groups excluding tert-OH is 1. The van der Waals surface area contributed by atoms with Crippen LogP contribution in [0.1, 0.15) is 35.8 Å². The van der Waals surface area contributed by atoms with E-state index in [1.165, 1.54) is 24.0 Å². The van der Waals surface area contributed by atoms with Crippen LogP contribution >= 0.6 is 8.60 Å². The average Bonchev–Trinajstić information content (AvgIpc) is 2.55. The highest BCUT2D eigenvalue weighted by atomic mass is 31.2. The molecule has 122 valence electrons. The topological polar surface area (TPSA) is 79.2 Å². The van der Waals surface area contributed by atoms with E-state index in [1.807, 2.05) is 6.07 Å². The van der Waals surface area contributed by atoms with Crippen LogP contribution in [0.4, 0.5) is 0 Å². The van der Waals surface area contributed by atoms with Crippen molar-refractivity contribution in [1.29, 1.82) is 0 Å². The van der Waals surface area contributed by atoms with E-state index >= 15 is 0 Å². The molecule has 0 aromatic heterocycles. The van der Waals surface area contributed by atoms with E-state index in [1.54, 1.807) is 24.3 Å². The fourth-order valence-corrected chi connectivity index (χ4v) is 3.06. The fraction of sp³-hybridized carbons (Fsp3) is 0.294. The fourth-order valence-electron chi connectivity index (χ4n) is 2.76. The summed E-state index contributed by atoms with van der Waals surface area (Å²) in [5.41, 5.74) is 3.19. The Balaban J connectivity index is 1.68. The Hall–Kier alpha value is -1.49. The number of aliphatic hydroxyl groups is 1. The first-order chi connectivity index (χ1) is 11.1. The first kappa shape index (κ1) is 16.4. The van der Waals surface area contributed by atoms with Crippen molar-refractivity contribution in [3.8, 4) is 11.5 Å². The zero-order chi connectivity index (χ0) is 16.2. The maximum Gasteiger partial charge on any atom is 0.329 e. The van der Waals surface area contributed by atoms with E-state index in [-0.39, 0.29) is 0 Å². The molecule has 1 aliphatic carbocycles. The lowest BCUT2D eigenvalue weighted by molar-refractivity contribution is -0.0271. The van der Waals surface area contributed by atoms with Crippen LogP contribution in [0.5, 0.6) is 11.5 Å². The molecule has 0 amide bonds. The maximum absolute atomic E-state index is 9.64. The second-order valence-corrected chi connectivity index (χ2v) is 6.24. The van der Waals surface area contributed by atoms with E-state index in [0.717, 1.165) is 18.6 Å². The molecule has 3 N–H and O–H groups in total. The maximum atomic E-state index is 9.64. The molecule has 1 aliphatic rings. The van der Waals surface area contributed by atoms with Gasteiger partial charge in [-0.05, 0) is 61.1 Å². The van der Waals surface area contributed by atoms with Crippen molar-refractivity contribution in [1.82, 2.24) is 0 Å². The van der Waals surface area contributed by atoms with Crippen molar-refractivity contribution >= 4 is 8.60 Å². The Kier molecular flexibility index (Phi) is 5.26. The van der Waals surface area contributed by atoms with Crippen molar-refractivity contribution < 1.29 is 24.2 Å². The lowest BCUT2D eigenvalue weighted by atomic mass is 9.92. The van der Waals surface area contributed by atoms with Crippen LogP contribution in [0.25, 0.3) is 0 Å². The molecule has 0 saturated heterocycles. The summed E-state index contributed by atoms with van der Waals surface area (Å²) in [6.07, 6.45) is 3.35. The number of fused-ring (bicyclic) bond motifs is 1. The van der Waals surface area contributed by atoms with E-state index in [0.29, 0.717) is 11.3 Å². The molecule has 0 radical (unpaired) electrons. The van der Waals surface area contributed by atoms with E-state index in [9.17, 15) is 5.11 Å². The molecule has 0 saturated carbocycles. The van der Waals surface area contributed by atoms with Gasteiger partial charge in [-0.25, -0.2) is 0 Å². The minimum Gasteiger partial charge on any atom is -0.457 e. The molecule has 2 aromatic rings. The lowest BCUT2D eigenvalue weighted by Crippen LogP contribution is -2.02. The first-order valence-electron chi connectivity index (χ1n) is 7.54. The van der Waals surface area contributed by atoms with Gasteiger partial charge in [0.2, 0.25) is 0 Å². The smallest absolute Gasteiger partial charge is 0.329 e. The summed E-state index contributed by atoms with van der Waals surface area (Å²) >= 11 is 0. The quantitative estimate of drug-likeness (QED) is 0.575. The second-order valence-electron chi connectivity index (χ2n) is 5.52. The van der Waals surface area contributed by atoms with Crippen LogP contribution in [0.15, 0.2) is 42.5 Å². The van der Waals surface area contributed by atoms with Gasteiger partial charge in [-0.1, -0.05) is 18.2 Å². The third-order valence-corrected chi connectivity index (χ3v) is 4.30. The van der Waals surface area contributed by atoms with Gasteiger partial charge in [0.15, 0.2) is 6.29 Å². The van der Waals surface area contributed by atoms with Crippen LogP contribution in [0, 0.1) is 0 Å². The molecule has 0 heterocycles. The molecule has 0 fully saturated rings. The number of hydrogen-bond donors (Lipinski definition) is 3. The van der Waals surface area contributed by atoms with Gasteiger partial charge in [-0.3, -0.25) is 4.52 Å². The monoisotopic (exact) mass is 334 g/mol. The largest absolute Gasteiger partial charge is 0.457 e. The molecule has 0 bridgehead atoms. The van der Waals surface area contributed by atoms with Crippen LogP contribution in [-0.4, -0.2) is 14.9 Å². The standard InChI is InChI=1S/C17H19O5P/c18-17(22-23(19)20)13-6-8-15(9-7-13)21-16-10-5-12-3-1-2-4-14(12)11-16/h5-11,17-20H,1-4H2. The Morgan fingerprint density at radius 1 is 0.870 bits per heavy atom. The molecule has 1 atom stereocenters. The lowest BCUT2D eigenvalue weighted by Gasteiger charge is -2.17. The highest BCUT2D eigenvalue weighted by Gasteiger charge is 2.13. The van der Waals surface area contributed by atoms with E-state index < -0.39 is 14.9 Å². The first-order valence-corrected chi connectivity index (χ1v) is 8.71. The highest BCUT2D eigenvalue weighted by Crippen LogP contribution is 2.34. The van der Waals surface area contributed by atoms with Gasteiger partial charge in [0.1, 0.15) is 11.5 Å². The van der Waals surface area contributed by atoms with Crippen LogP contribution in [0.2, 0.25) is 0 Å². The van der Waals surface area contributed by atoms with Gasteiger partial charge in [-0.2, -0.15) is 0 Å². The highest BCUT2D eigenvalue weighted by molar-refractivity contribution is 7.39. The SMILES string of the molecule is OC(OP(O)O)c1ccc(Oc2ccc3c(c2)CCCC3)cc1. The van der Waals surface area contributed by atoms with Crippen molar-refractivity contribution in [2.75, 3.05) is 0 Å². The minimum atomic E-state index is -2.60. The molecule has 1 unspecified atom stereocenters. The Morgan fingerprint density at radius 3 is 2.22 bits per heavy atom. The Bertz CT molecular complexity index is 657. The molecule has 0 aliphatic heterocycles. The average molecular weight is 334 g/mol. The van der Waals surface area contributed by atoms with E-state index in [2.05, 4.69) is 16.7 Å². The number of hydrogen-bond acceptors (Lipinski definition) is 5. The predicted octanol–water partition coefficient (Wildman–Crippen LogP) is 3.58.